The Balaban J connectivity index is 3.40. The van der Waals surface area contributed by atoms with Crippen LogP contribution >= 0.6 is 0 Å². The first-order chi connectivity index (χ1) is 19.8. The van der Waals surface area contributed by atoms with E-state index >= 15 is 0 Å². The molecule has 0 aromatic carbocycles. The highest BCUT2D eigenvalue weighted by Crippen LogP contribution is 2.14. The van der Waals surface area contributed by atoms with Gasteiger partial charge in [0.05, 0.1) is 6.61 Å². The molecule has 0 atom stereocenters. The maximum Gasteiger partial charge on any atom is 0.0558 e. The minimum atomic E-state index is 0.311. The second-order valence-corrected chi connectivity index (χ2v) is 12.8. The summed E-state index contributed by atoms with van der Waals surface area (Å²) >= 11 is 0. The van der Waals surface area contributed by atoms with Crippen LogP contribution in [0.3, 0.4) is 0 Å². The fourth-order valence-corrected chi connectivity index (χ4v) is 5.94. The molecule has 0 spiro atoms. The van der Waals surface area contributed by atoms with Gasteiger partial charge >= 0.3 is 0 Å². The van der Waals surface area contributed by atoms with Gasteiger partial charge in [0.2, 0.25) is 0 Å². The van der Waals surface area contributed by atoms with Crippen molar-refractivity contribution in [2.75, 3.05) is 26.2 Å². The number of unbranched alkanes of at least 4 members (excludes halogenated alkanes) is 27. The lowest BCUT2D eigenvalue weighted by molar-refractivity contribution is 0.190. The Labute approximate surface area is 254 Å². The third-order valence-electron chi connectivity index (χ3n) is 8.73. The van der Waals surface area contributed by atoms with Crippen LogP contribution < -0.4 is 0 Å². The quantitative estimate of drug-likeness (QED) is 0.0612. The first-order valence-electron chi connectivity index (χ1n) is 18.8. The van der Waals surface area contributed by atoms with Gasteiger partial charge in [-0.2, -0.15) is 0 Å². The van der Waals surface area contributed by atoms with Gasteiger partial charge in [0.25, 0.3) is 0 Å². The number of nitrogens with zero attached hydrogens (tertiary/aromatic N) is 1. The number of aliphatic hydroxyl groups excluding tert-OH is 1. The Kier molecular flexibility index (Phi) is 36.4. The summed E-state index contributed by atoms with van der Waals surface area (Å²) < 4.78 is 0. The molecule has 0 aliphatic carbocycles. The Morgan fingerprint density at radius 3 is 0.925 bits per heavy atom. The van der Waals surface area contributed by atoms with Gasteiger partial charge in [-0.05, 0) is 51.6 Å². The van der Waals surface area contributed by atoms with Crippen LogP contribution in [0.25, 0.3) is 0 Å². The molecule has 40 heavy (non-hydrogen) atoms. The van der Waals surface area contributed by atoms with Crippen molar-refractivity contribution in [1.82, 2.24) is 4.90 Å². The lowest BCUT2D eigenvalue weighted by atomic mass is 10.0. The van der Waals surface area contributed by atoms with Gasteiger partial charge in [0, 0.05) is 6.54 Å². The molecule has 0 aromatic rings. The van der Waals surface area contributed by atoms with Gasteiger partial charge < -0.3 is 10.0 Å². The molecule has 240 valence electrons. The summed E-state index contributed by atoms with van der Waals surface area (Å²) in [7, 11) is 0. The van der Waals surface area contributed by atoms with Gasteiger partial charge in [0.15, 0.2) is 0 Å². The van der Waals surface area contributed by atoms with E-state index in [9.17, 15) is 5.11 Å². The van der Waals surface area contributed by atoms with E-state index in [-0.39, 0.29) is 0 Å². The molecule has 0 aliphatic rings. The average molecular weight is 564 g/mol. The minimum Gasteiger partial charge on any atom is -0.395 e. The summed E-state index contributed by atoms with van der Waals surface area (Å²) in [6.07, 6.45) is 46.9. The van der Waals surface area contributed by atoms with Gasteiger partial charge in [0.1, 0.15) is 0 Å². The van der Waals surface area contributed by atoms with Crippen molar-refractivity contribution >= 4 is 0 Å². The zero-order chi connectivity index (χ0) is 29.0. The van der Waals surface area contributed by atoms with E-state index in [2.05, 4.69) is 30.9 Å². The predicted molar refractivity (Wildman–Crippen MR) is 183 cm³/mol. The summed E-state index contributed by atoms with van der Waals surface area (Å²) in [5, 5.41) is 9.46. The standard InChI is InChI=1S/C38H77NO/c1-3-5-7-9-11-13-15-17-19-21-23-25-27-29-31-33-35-39(37-38-40)36-34-32-30-28-26-24-22-20-18-16-14-12-10-8-6-4-2/h17,19,40H,3-16,18,20-38H2,1-2H3/b19-17-. The number of hydrogen-bond donors (Lipinski definition) is 1. The van der Waals surface area contributed by atoms with Crippen LogP contribution in [-0.2, 0) is 0 Å². The zero-order valence-electron chi connectivity index (χ0n) is 28.1. The fourth-order valence-electron chi connectivity index (χ4n) is 5.94. The number of allylic oxidation sites excluding steroid dienone is 2. The van der Waals surface area contributed by atoms with Crippen molar-refractivity contribution in [1.29, 1.82) is 0 Å². The van der Waals surface area contributed by atoms with Crippen molar-refractivity contribution in [3.05, 3.63) is 12.2 Å². The van der Waals surface area contributed by atoms with Gasteiger partial charge in [-0.1, -0.05) is 180 Å². The van der Waals surface area contributed by atoms with E-state index in [0.29, 0.717) is 6.61 Å². The van der Waals surface area contributed by atoms with E-state index < -0.39 is 0 Å². The van der Waals surface area contributed by atoms with Gasteiger partial charge in [-0.25, -0.2) is 0 Å². The van der Waals surface area contributed by atoms with E-state index in [1.807, 2.05) is 0 Å². The topological polar surface area (TPSA) is 23.5 Å². The fraction of sp³-hybridized carbons (Fsp3) is 0.947. The molecular formula is C38H77NO. The molecule has 0 bridgehead atoms. The summed E-state index contributed by atoms with van der Waals surface area (Å²) in [6, 6.07) is 0. The SMILES string of the molecule is CCCCCCCC/C=C\CCCCCCCCN(CCO)CCCCCCCCCCCCCCCCCC. The molecule has 2 nitrogen and oxygen atoms in total. The second-order valence-electron chi connectivity index (χ2n) is 12.8. The van der Waals surface area contributed by atoms with Crippen molar-refractivity contribution in [2.45, 2.75) is 206 Å². The second kappa shape index (κ2) is 36.7. The number of aliphatic hydroxyl groups is 1. The molecule has 0 amide bonds. The molecule has 2 heteroatoms. The normalized spacial score (nSPS) is 11.9. The maximum absolute atomic E-state index is 9.46. The van der Waals surface area contributed by atoms with Crippen molar-refractivity contribution in [3.63, 3.8) is 0 Å². The molecule has 0 fully saturated rings. The largest absolute Gasteiger partial charge is 0.395 e. The molecule has 0 aliphatic heterocycles. The van der Waals surface area contributed by atoms with Crippen molar-refractivity contribution in [2.24, 2.45) is 0 Å². The van der Waals surface area contributed by atoms with Crippen molar-refractivity contribution < 1.29 is 5.11 Å². The van der Waals surface area contributed by atoms with Gasteiger partial charge in [-0.15, -0.1) is 0 Å². The minimum absolute atomic E-state index is 0.311. The molecule has 0 unspecified atom stereocenters. The highest BCUT2D eigenvalue weighted by Gasteiger charge is 2.04. The van der Waals surface area contributed by atoms with Crippen LogP contribution in [0.5, 0.6) is 0 Å². The molecule has 0 saturated carbocycles. The Bertz CT molecular complexity index is 462. The van der Waals surface area contributed by atoms with Crippen LogP contribution in [0.15, 0.2) is 12.2 Å². The summed E-state index contributed by atoms with van der Waals surface area (Å²) in [6.45, 7) is 8.13. The van der Waals surface area contributed by atoms with E-state index in [4.69, 9.17) is 0 Å². The van der Waals surface area contributed by atoms with E-state index in [0.717, 1.165) is 6.54 Å². The smallest absolute Gasteiger partial charge is 0.0558 e. The molecular weight excluding hydrogens is 486 g/mol. The molecule has 0 aromatic heterocycles. The van der Waals surface area contributed by atoms with Crippen LogP contribution in [0.2, 0.25) is 0 Å². The average Bonchev–Trinajstić information content (AvgIpc) is 2.96. The number of hydrogen-bond acceptors (Lipinski definition) is 2. The third-order valence-corrected chi connectivity index (χ3v) is 8.73. The van der Waals surface area contributed by atoms with Gasteiger partial charge in [-0.3, -0.25) is 0 Å². The number of rotatable bonds is 35. The maximum atomic E-state index is 9.46. The van der Waals surface area contributed by atoms with Crippen LogP contribution in [0.4, 0.5) is 0 Å². The Morgan fingerprint density at radius 1 is 0.350 bits per heavy atom. The highest BCUT2D eigenvalue weighted by molar-refractivity contribution is 4.81. The van der Waals surface area contributed by atoms with Crippen LogP contribution in [-0.4, -0.2) is 36.2 Å². The predicted octanol–water partition coefficient (Wildman–Crippen LogP) is 12.6. The highest BCUT2D eigenvalue weighted by atomic mass is 16.3. The Morgan fingerprint density at radius 2 is 0.625 bits per heavy atom. The molecule has 0 rings (SSSR count). The van der Waals surface area contributed by atoms with E-state index in [1.54, 1.807) is 0 Å². The molecule has 0 radical (unpaired) electrons. The first-order valence-corrected chi connectivity index (χ1v) is 18.8. The van der Waals surface area contributed by atoms with Crippen molar-refractivity contribution in [3.8, 4) is 0 Å². The van der Waals surface area contributed by atoms with Crippen LogP contribution in [0.1, 0.15) is 206 Å². The molecule has 0 saturated heterocycles. The lowest BCUT2D eigenvalue weighted by Gasteiger charge is -2.21. The van der Waals surface area contributed by atoms with Crippen LogP contribution in [0, 0.1) is 0 Å². The summed E-state index contributed by atoms with van der Waals surface area (Å²) in [5.41, 5.74) is 0. The molecule has 1 N–H and O–H groups in total. The zero-order valence-corrected chi connectivity index (χ0v) is 28.1. The van der Waals surface area contributed by atoms with E-state index in [1.165, 1.54) is 206 Å². The monoisotopic (exact) mass is 564 g/mol. The molecule has 0 heterocycles. The first kappa shape index (κ1) is 39.7. The lowest BCUT2D eigenvalue weighted by Crippen LogP contribution is -2.29. The third kappa shape index (κ3) is 33.9. The Hall–Kier alpha value is -0.340. The summed E-state index contributed by atoms with van der Waals surface area (Å²) in [5.74, 6) is 0. The summed E-state index contributed by atoms with van der Waals surface area (Å²) in [4.78, 5) is 2.51.